The molecule has 0 amide bonds. The van der Waals surface area contributed by atoms with Gasteiger partial charge in [0.05, 0.1) is 0 Å². The van der Waals surface area contributed by atoms with E-state index in [1.54, 1.807) is 6.92 Å². The first-order valence-electron chi connectivity index (χ1n) is 7.32. The Kier molecular flexibility index (Phi) is 5.55. The minimum Gasteiger partial charge on any atom is -0.463 e. The van der Waals surface area contributed by atoms with Crippen LogP contribution in [0, 0.1) is 0 Å². The van der Waals surface area contributed by atoms with E-state index in [9.17, 15) is 14.4 Å². The monoisotopic (exact) mass is 331 g/mol. The van der Waals surface area contributed by atoms with Crippen molar-refractivity contribution in [2.24, 2.45) is 0 Å². The van der Waals surface area contributed by atoms with Crippen molar-refractivity contribution in [3.8, 4) is 0 Å². The summed E-state index contributed by atoms with van der Waals surface area (Å²) >= 11 is 0. The Balaban J connectivity index is 2.23. The summed E-state index contributed by atoms with van der Waals surface area (Å²) in [6, 6.07) is -0.494. The van der Waals surface area contributed by atoms with Gasteiger partial charge in [-0.25, -0.2) is 0 Å². The van der Waals surface area contributed by atoms with Gasteiger partial charge in [0.25, 0.3) is 0 Å². The van der Waals surface area contributed by atoms with Gasteiger partial charge in [0.2, 0.25) is 0 Å². The van der Waals surface area contributed by atoms with E-state index in [0.717, 1.165) is 0 Å². The first-order valence-corrected chi connectivity index (χ1v) is 7.32. The van der Waals surface area contributed by atoms with E-state index < -0.39 is 48.6 Å². The molecule has 1 N–H and O–H groups in total. The number of hydrogen-bond donors (Lipinski definition) is 1. The lowest BCUT2D eigenvalue weighted by Crippen LogP contribution is -2.62. The van der Waals surface area contributed by atoms with Crippen molar-refractivity contribution in [3.63, 3.8) is 0 Å². The summed E-state index contributed by atoms with van der Waals surface area (Å²) in [6.07, 6.45) is -3.57. The number of hydrogen-bond acceptors (Lipinski definition) is 9. The average Bonchev–Trinajstić information content (AvgIpc) is 2.78. The minimum absolute atomic E-state index is 0.147. The minimum atomic E-state index is -0.918. The average molecular weight is 331 g/mol. The van der Waals surface area contributed by atoms with Crippen LogP contribution in [-0.4, -0.2) is 61.4 Å². The second kappa shape index (κ2) is 7.24. The fourth-order valence-corrected chi connectivity index (χ4v) is 2.71. The summed E-state index contributed by atoms with van der Waals surface area (Å²) in [6.45, 7) is 5.38. The zero-order chi connectivity index (χ0) is 17.1. The maximum atomic E-state index is 11.4. The quantitative estimate of drug-likeness (QED) is 0.537. The Hall–Kier alpha value is -1.71. The molecular weight excluding hydrogens is 310 g/mol. The standard InChI is InChI=1S/C14H21NO8/c1-6-15-11-13(22-9(4)18)12(21-8(3)17)10(5-19-7(2)16)23-14(11)20-6/h6,10-15H,5H2,1-4H3/t6?,10?,11?,12-,13?,14+/m0/s1. The Labute approximate surface area is 133 Å². The third-order valence-electron chi connectivity index (χ3n) is 3.47. The van der Waals surface area contributed by atoms with Crippen molar-refractivity contribution < 1.29 is 38.1 Å². The third-order valence-corrected chi connectivity index (χ3v) is 3.47. The molecule has 2 heterocycles. The van der Waals surface area contributed by atoms with Gasteiger partial charge in [-0.2, -0.15) is 0 Å². The van der Waals surface area contributed by atoms with Gasteiger partial charge < -0.3 is 23.7 Å². The smallest absolute Gasteiger partial charge is 0.303 e. The van der Waals surface area contributed by atoms with E-state index in [1.165, 1.54) is 20.8 Å². The molecule has 0 bridgehead atoms. The lowest BCUT2D eigenvalue weighted by molar-refractivity contribution is -0.258. The molecule has 0 aromatic heterocycles. The summed E-state index contributed by atoms with van der Waals surface area (Å²) < 4.78 is 26.8. The second-order valence-corrected chi connectivity index (χ2v) is 5.46. The van der Waals surface area contributed by atoms with Crippen LogP contribution in [0.4, 0.5) is 0 Å². The molecule has 9 heteroatoms. The number of nitrogens with one attached hydrogen (secondary N) is 1. The van der Waals surface area contributed by atoms with Gasteiger partial charge in [0, 0.05) is 20.8 Å². The van der Waals surface area contributed by atoms with E-state index in [0.29, 0.717) is 0 Å². The summed E-state index contributed by atoms with van der Waals surface area (Å²) in [5, 5.41) is 3.08. The molecule has 0 radical (unpaired) electrons. The van der Waals surface area contributed by atoms with Crippen LogP contribution >= 0.6 is 0 Å². The van der Waals surface area contributed by atoms with Crippen LogP contribution in [-0.2, 0) is 38.1 Å². The van der Waals surface area contributed by atoms with Gasteiger partial charge in [0.15, 0.2) is 18.5 Å². The third kappa shape index (κ3) is 4.40. The largest absolute Gasteiger partial charge is 0.463 e. The molecule has 0 aromatic rings. The van der Waals surface area contributed by atoms with Crippen molar-refractivity contribution in [2.45, 2.75) is 64.6 Å². The molecule has 0 spiro atoms. The van der Waals surface area contributed by atoms with Gasteiger partial charge in [-0.1, -0.05) is 0 Å². The van der Waals surface area contributed by atoms with E-state index in [1.807, 2.05) is 0 Å². The SMILES string of the molecule is CC(=O)OCC1O[C@H]2OC(C)NC2C(OC(C)=O)[C@H]1OC(C)=O. The number of fused-ring (bicyclic) bond motifs is 1. The number of ether oxygens (including phenoxy) is 5. The van der Waals surface area contributed by atoms with E-state index in [-0.39, 0.29) is 12.8 Å². The molecular formula is C14H21NO8. The van der Waals surface area contributed by atoms with Crippen molar-refractivity contribution in [3.05, 3.63) is 0 Å². The molecule has 2 rings (SSSR count). The zero-order valence-electron chi connectivity index (χ0n) is 13.4. The van der Waals surface area contributed by atoms with E-state index >= 15 is 0 Å². The van der Waals surface area contributed by atoms with Crippen molar-refractivity contribution in [1.82, 2.24) is 5.32 Å². The number of carbonyl (C=O) groups excluding carboxylic acids is 3. The number of esters is 3. The molecule has 9 nitrogen and oxygen atoms in total. The maximum Gasteiger partial charge on any atom is 0.303 e. The van der Waals surface area contributed by atoms with E-state index in [2.05, 4.69) is 5.32 Å². The Bertz CT molecular complexity index is 481. The lowest BCUT2D eigenvalue weighted by Gasteiger charge is -2.41. The molecule has 6 atom stereocenters. The molecule has 0 aliphatic carbocycles. The van der Waals surface area contributed by atoms with Crippen LogP contribution in [0.1, 0.15) is 27.7 Å². The number of rotatable bonds is 4. The van der Waals surface area contributed by atoms with Gasteiger partial charge in [-0.3, -0.25) is 19.7 Å². The molecule has 130 valence electrons. The van der Waals surface area contributed by atoms with Gasteiger partial charge >= 0.3 is 17.9 Å². The van der Waals surface area contributed by atoms with Crippen LogP contribution < -0.4 is 5.32 Å². The summed E-state index contributed by atoms with van der Waals surface area (Å²) in [5.41, 5.74) is 0. The summed E-state index contributed by atoms with van der Waals surface area (Å²) in [5.74, 6) is -1.59. The van der Waals surface area contributed by atoms with Gasteiger partial charge in [-0.05, 0) is 6.92 Å². The van der Waals surface area contributed by atoms with Gasteiger partial charge in [-0.15, -0.1) is 0 Å². The van der Waals surface area contributed by atoms with Crippen LogP contribution in [0.2, 0.25) is 0 Å². The molecule has 2 aliphatic heterocycles. The van der Waals surface area contributed by atoms with Crippen molar-refractivity contribution in [1.29, 1.82) is 0 Å². The highest BCUT2D eigenvalue weighted by Crippen LogP contribution is 2.31. The van der Waals surface area contributed by atoms with Gasteiger partial charge in [0.1, 0.15) is 25.0 Å². The Morgan fingerprint density at radius 1 is 0.957 bits per heavy atom. The molecule has 4 unspecified atom stereocenters. The Morgan fingerprint density at radius 3 is 2.13 bits per heavy atom. The number of carbonyl (C=O) groups is 3. The molecule has 0 saturated carbocycles. The first kappa shape index (κ1) is 17.6. The van der Waals surface area contributed by atoms with Crippen LogP contribution in [0.5, 0.6) is 0 Å². The zero-order valence-corrected chi connectivity index (χ0v) is 13.4. The molecule has 0 aromatic carbocycles. The van der Waals surface area contributed by atoms with Crippen molar-refractivity contribution >= 4 is 17.9 Å². The molecule has 2 aliphatic rings. The first-order chi connectivity index (χ1) is 10.8. The predicted octanol–water partition coefficient (Wildman–Crippen LogP) is -0.528. The second-order valence-electron chi connectivity index (χ2n) is 5.46. The normalized spacial score (nSPS) is 36.0. The van der Waals surface area contributed by atoms with Crippen LogP contribution in [0.25, 0.3) is 0 Å². The van der Waals surface area contributed by atoms with E-state index in [4.69, 9.17) is 23.7 Å². The summed E-state index contributed by atoms with van der Waals surface area (Å²) in [4.78, 5) is 33.9. The molecule has 2 fully saturated rings. The highest BCUT2D eigenvalue weighted by atomic mass is 16.7. The maximum absolute atomic E-state index is 11.4. The van der Waals surface area contributed by atoms with Crippen molar-refractivity contribution in [2.75, 3.05) is 6.61 Å². The Morgan fingerprint density at radius 2 is 1.57 bits per heavy atom. The van der Waals surface area contributed by atoms with Crippen LogP contribution in [0.3, 0.4) is 0 Å². The fourth-order valence-electron chi connectivity index (χ4n) is 2.71. The lowest BCUT2D eigenvalue weighted by atomic mass is 9.97. The highest BCUT2D eigenvalue weighted by molar-refractivity contribution is 5.68. The topological polar surface area (TPSA) is 109 Å². The fraction of sp³-hybridized carbons (Fsp3) is 0.786. The van der Waals surface area contributed by atoms with Crippen LogP contribution in [0.15, 0.2) is 0 Å². The highest BCUT2D eigenvalue weighted by Gasteiger charge is 2.53. The molecule has 23 heavy (non-hydrogen) atoms. The summed E-state index contributed by atoms with van der Waals surface area (Å²) in [7, 11) is 0. The predicted molar refractivity (Wildman–Crippen MR) is 73.9 cm³/mol. The molecule has 2 saturated heterocycles.